The quantitative estimate of drug-likeness (QED) is 0.811. The van der Waals surface area contributed by atoms with E-state index in [-0.39, 0.29) is 18.2 Å². The summed E-state index contributed by atoms with van der Waals surface area (Å²) in [6.07, 6.45) is 1.66. The lowest BCUT2D eigenvalue weighted by atomic mass is 10.1. The van der Waals surface area contributed by atoms with E-state index in [2.05, 4.69) is 20.0 Å². The van der Waals surface area contributed by atoms with E-state index in [1.165, 1.54) is 7.05 Å². The summed E-state index contributed by atoms with van der Waals surface area (Å²) in [5.41, 5.74) is 1.99. The molecular weight excluding hydrogens is 316 g/mol. The Morgan fingerprint density at radius 1 is 1.26 bits per heavy atom. The van der Waals surface area contributed by atoms with E-state index in [0.29, 0.717) is 11.4 Å². The highest BCUT2D eigenvalue weighted by molar-refractivity contribution is 7.89. The average Bonchev–Trinajstić information content (AvgIpc) is 2.55. The van der Waals surface area contributed by atoms with E-state index in [4.69, 9.17) is 0 Å². The van der Waals surface area contributed by atoms with Gasteiger partial charge in [-0.15, -0.1) is 0 Å². The van der Waals surface area contributed by atoms with Crippen molar-refractivity contribution in [2.75, 3.05) is 19.3 Å². The van der Waals surface area contributed by atoms with Crippen LogP contribution in [0.15, 0.2) is 36.5 Å². The first-order chi connectivity index (χ1) is 10.9. The summed E-state index contributed by atoms with van der Waals surface area (Å²) in [5, 5.41) is 2.58. The Morgan fingerprint density at radius 2 is 2.04 bits per heavy atom. The topological polar surface area (TPSA) is 101 Å². The molecule has 1 amide bonds. The third-order valence-corrected chi connectivity index (χ3v) is 4.51. The van der Waals surface area contributed by atoms with Gasteiger partial charge in [0, 0.05) is 29.6 Å². The zero-order chi connectivity index (χ0) is 16.9. The molecule has 0 aliphatic carbocycles. The van der Waals surface area contributed by atoms with Crippen molar-refractivity contribution >= 4 is 15.9 Å². The second-order valence-corrected chi connectivity index (χ2v) is 6.93. The van der Waals surface area contributed by atoms with Gasteiger partial charge in [0.15, 0.2) is 5.82 Å². The first kappa shape index (κ1) is 17.0. The highest BCUT2D eigenvalue weighted by Crippen LogP contribution is 2.16. The highest BCUT2D eigenvalue weighted by atomic mass is 32.2. The molecule has 0 bridgehead atoms. The Labute approximate surface area is 135 Å². The van der Waals surface area contributed by atoms with Gasteiger partial charge in [0.05, 0.1) is 5.75 Å². The molecule has 23 heavy (non-hydrogen) atoms. The van der Waals surface area contributed by atoms with Crippen LogP contribution in [0, 0.1) is 6.92 Å². The molecule has 2 rings (SSSR count). The van der Waals surface area contributed by atoms with Gasteiger partial charge in [-0.05, 0) is 32.2 Å². The van der Waals surface area contributed by atoms with Gasteiger partial charge in [-0.25, -0.2) is 23.1 Å². The van der Waals surface area contributed by atoms with Crippen LogP contribution < -0.4 is 10.0 Å². The fourth-order valence-electron chi connectivity index (χ4n) is 1.89. The Kier molecular flexibility index (Phi) is 5.41. The van der Waals surface area contributed by atoms with Crippen LogP contribution in [0.5, 0.6) is 0 Å². The van der Waals surface area contributed by atoms with Gasteiger partial charge in [-0.2, -0.15) is 0 Å². The number of nitrogens with zero attached hydrogens (tertiary/aromatic N) is 2. The molecule has 1 heterocycles. The lowest BCUT2D eigenvalue weighted by Gasteiger charge is -2.07. The molecule has 122 valence electrons. The molecule has 0 fully saturated rings. The number of carbonyl (C=O) groups is 1. The number of amides is 1. The predicted octanol–water partition coefficient (Wildman–Crippen LogP) is 0.731. The van der Waals surface area contributed by atoms with Crippen LogP contribution in [-0.2, 0) is 10.0 Å². The molecule has 0 saturated heterocycles. The number of rotatable bonds is 6. The van der Waals surface area contributed by atoms with Gasteiger partial charge in [0.1, 0.15) is 0 Å². The predicted molar refractivity (Wildman–Crippen MR) is 87.4 cm³/mol. The maximum atomic E-state index is 12.1. The molecule has 0 radical (unpaired) electrons. The molecule has 0 aliphatic heterocycles. The molecule has 1 aromatic heterocycles. The summed E-state index contributed by atoms with van der Waals surface area (Å²) in [7, 11) is -2.00. The van der Waals surface area contributed by atoms with Crippen molar-refractivity contribution in [1.82, 2.24) is 20.0 Å². The number of hydrogen-bond donors (Lipinski definition) is 2. The summed E-state index contributed by atoms with van der Waals surface area (Å²) in [5.74, 6) is 0.0267. The zero-order valence-electron chi connectivity index (χ0n) is 12.9. The highest BCUT2D eigenvalue weighted by Gasteiger charge is 2.11. The number of aromatic nitrogens is 2. The normalized spacial score (nSPS) is 11.2. The van der Waals surface area contributed by atoms with Crippen LogP contribution in [0.25, 0.3) is 11.4 Å². The minimum absolute atomic E-state index is 0.0349. The van der Waals surface area contributed by atoms with Crippen LogP contribution in [0.3, 0.4) is 0 Å². The van der Waals surface area contributed by atoms with E-state index in [1.807, 2.05) is 13.0 Å². The summed E-state index contributed by atoms with van der Waals surface area (Å²) < 4.78 is 24.8. The minimum atomic E-state index is -3.34. The van der Waals surface area contributed by atoms with E-state index in [0.717, 1.165) is 11.3 Å². The third kappa shape index (κ3) is 4.83. The number of sulfonamides is 1. The van der Waals surface area contributed by atoms with Gasteiger partial charge in [-0.3, -0.25) is 4.79 Å². The summed E-state index contributed by atoms with van der Waals surface area (Å²) in [6, 6.07) is 8.68. The molecule has 0 saturated carbocycles. The minimum Gasteiger partial charge on any atom is -0.351 e. The second-order valence-electron chi connectivity index (χ2n) is 4.88. The summed E-state index contributed by atoms with van der Waals surface area (Å²) in [6.45, 7) is 1.90. The Balaban J connectivity index is 2.09. The van der Waals surface area contributed by atoms with E-state index in [9.17, 15) is 13.2 Å². The van der Waals surface area contributed by atoms with Crippen molar-refractivity contribution in [3.63, 3.8) is 0 Å². The standard InChI is InChI=1S/C15H18N4O3S/c1-11-6-7-17-14(19-11)12-4-3-5-13(10-12)15(20)18-8-9-23(21,22)16-2/h3-7,10,16H,8-9H2,1-2H3,(H,18,20). The van der Waals surface area contributed by atoms with E-state index >= 15 is 0 Å². The van der Waals surface area contributed by atoms with Crippen LogP contribution in [0.4, 0.5) is 0 Å². The van der Waals surface area contributed by atoms with Gasteiger partial charge in [0.25, 0.3) is 5.91 Å². The Hall–Kier alpha value is -2.32. The Bertz CT molecular complexity index is 806. The SMILES string of the molecule is CNS(=O)(=O)CCNC(=O)c1cccc(-c2nccc(C)n2)c1. The van der Waals surface area contributed by atoms with Crippen molar-refractivity contribution in [3.8, 4) is 11.4 Å². The van der Waals surface area contributed by atoms with Gasteiger partial charge in [-0.1, -0.05) is 12.1 Å². The summed E-state index contributed by atoms with van der Waals surface area (Å²) in [4.78, 5) is 20.6. The van der Waals surface area contributed by atoms with Gasteiger partial charge < -0.3 is 5.32 Å². The van der Waals surface area contributed by atoms with Crippen molar-refractivity contribution in [2.24, 2.45) is 0 Å². The monoisotopic (exact) mass is 334 g/mol. The number of carbonyl (C=O) groups excluding carboxylic acids is 1. The zero-order valence-corrected chi connectivity index (χ0v) is 13.7. The molecular formula is C15H18N4O3S. The van der Waals surface area contributed by atoms with Crippen molar-refractivity contribution in [1.29, 1.82) is 0 Å². The fourth-order valence-corrected chi connectivity index (χ4v) is 2.47. The Morgan fingerprint density at radius 3 is 2.74 bits per heavy atom. The van der Waals surface area contributed by atoms with Gasteiger partial charge in [0.2, 0.25) is 10.0 Å². The molecule has 0 spiro atoms. The molecule has 8 heteroatoms. The molecule has 1 aromatic carbocycles. The maximum absolute atomic E-state index is 12.1. The molecule has 0 unspecified atom stereocenters. The lowest BCUT2D eigenvalue weighted by molar-refractivity contribution is 0.0956. The number of aryl methyl sites for hydroxylation is 1. The van der Waals surface area contributed by atoms with Crippen molar-refractivity contribution in [3.05, 3.63) is 47.8 Å². The lowest BCUT2D eigenvalue weighted by Crippen LogP contribution is -2.32. The maximum Gasteiger partial charge on any atom is 0.251 e. The number of hydrogen-bond acceptors (Lipinski definition) is 5. The largest absolute Gasteiger partial charge is 0.351 e. The number of benzene rings is 1. The first-order valence-corrected chi connectivity index (χ1v) is 8.66. The van der Waals surface area contributed by atoms with Crippen LogP contribution >= 0.6 is 0 Å². The van der Waals surface area contributed by atoms with Crippen LogP contribution in [-0.4, -0.2) is 43.6 Å². The molecule has 2 aromatic rings. The number of nitrogens with one attached hydrogen (secondary N) is 2. The molecule has 0 atom stereocenters. The average molecular weight is 334 g/mol. The van der Waals surface area contributed by atoms with Gasteiger partial charge >= 0.3 is 0 Å². The van der Waals surface area contributed by atoms with Crippen LogP contribution in [0.2, 0.25) is 0 Å². The molecule has 2 N–H and O–H groups in total. The molecule has 7 nitrogen and oxygen atoms in total. The third-order valence-electron chi connectivity index (χ3n) is 3.15. The fraction of sp³-hybridized carbons (Fsp3) is 0.267. The van der Waals surface area contributed by atoms with E-state index in [1.54, 1.807) is 30.5 Å². The van der Waals surface area contributed by atoms with Crippen molar-refractivity contribution < 1.29 is 13.2 Å². The summed E-state index contributed by atoms with van der Waals surface area (Å²) >= 11 is 0. The smallest absolute Gasteiger partial charge is 0.251 e. The molecule has 0 aliphatic rings. The van der Waals surface area contributed by atoms with Crippen LogP contribution in [0.1, 0.15) is 16.1 Å². The first-order valence-electron chi connectivity index (χ1n) is 7.01. The van der Waals surface area contributed by atoms with E-state index < -0.39 is 10.0 Å². The second kappa shape index (κ2) is 7.30. The van der Waals surface area contributed by atoms with Crippen molar-refractivity contribution in [2.45, 2.75) is 6.92 Å².